The Hall–Kier alpha value is -0.900. The summed E-state index contributed by atoms with van der Waals surface area (Å²) in [5.41, 5.74) is 0.286. The highest BCUT2D eigenvalue weighted by Crippen LogP contribution is 2.65. The Morgan fingerprint density at radius 3 is 2.47 bits per heavy atom. The van der Waals surface area contributed by atoms with Crippen LogP contribution in [0, 0.1) is 34.5 Å². The molecule has 4 nitrogen and oxygen atoms in total. The lowest BCUT2D eigenvalue weighted by Gasteiger charge is -2.60. The van der Waals surface area contributed by atoms with Gasteiger partial charge >= 0.3 is 5.97 Å². The van der Waals surface area contributed by atoms with Crippen LogP contribution in [0.2, 0.25) is 0 Å². The van der Waals surface area contributed by atoms with Crippen LogP contribution in [0.3, 0.4) is 0 Å². The van der Waals surface area contributed by atoms with Gasteiger partial charge in [0.1, 0.15) is 6.10 Å². The molecule has 0 aromatic heterocycles. The third-order valence-corrected chi connectivity index (χ3v) is 10.5. The summed E-state index contributed by atoms with van der Waals surface area (Å²) < 4.78 is 5.61. The van der Waals surface area contributed by atoms with E-state index in [2.05, 4.69) is 18.7 Å². The summed E-state index contributed by atoms with van der Waals surface area (Å²) in [6.45, 7) is 8.67. The Morgan fingerprint density at radius 2 is 1.73 bits per heavy atom. The van der Waals surface area contributed by atoms with Gasteiger partial charge in [-0.1, -0.05) is 20.3 Å². The van der Waals surface area contributed by atoms with E-state index in [0.717, 1.165) is 44.7 Å². The lowest BCUT2D eigenvalue weighted by molar-refractivity contribution is -0.160. The van der Waals surface area contributed by atoms with Crippen LogP contribution in [-0.2, 0) is 14.3 Å². The van der Waals surface area contributed by atoms with Gasteiger partial charge in [0, 0.05) is 12.3 Å². The molecule has 30 heavy (non-hydrogen) atoms. The van der Waals surface area contributed by atoms with Crippen LogP contribution in [-0.4, -0.2) is 41.9 Å². The molecule has 0 bridgehead atoms. The van der Waals surface area contributed by atoms with Crippen molar-refractivity contribution in [3.63, 3.8) is 0 Å². The number of hydrogen-bond donors (Lipinski definition) is 0. The molecule has 4 saturated carbocycles. The predicted molar refractivity (Wildman–Crippen MR) is 117 cm³/mol. The molecular formula is C26H41NO3. The van der Waals surface area contributed by atoms with E-state index in [1.165, 1.54) is 44.9 Å². The quantitative estimate of drug-likeness (QED) is 0.596. The first-order valence-corrected chi connectivity index (χ1v) is 12.8. The summed E-state index contributed by atoms with van der Waals surface area (Å²) in [6.07, 6.45) is 13.2. The number of esters is 1. The van der Waals surface area contributed by atoms with Crippen molar-refractivity contribution in [3.8, 4) is 0 Å². The molecule has 4 heteroatoms. The number of ketones is 1. The Bertz CT molecular complexity index is 700. The third-order valence-electron chi connectivity index (χ3n) is 10.5. The minimum absolute atomic E-state index is 0.0819. The van der Waals surface area contributed by atoms with Gasteiger partial charge in [0.15, 0.2) is 5.78 Å². The molecule has 0 radical (unpaired) electrons. The summed E-state index contributed by atoms with van der Waals surface area (Å²) in [4.78, 5) is 27.7. The molecule has 4 aliphatic carbocycles. The van der Waals surface area contributed by atoms with Gasteiger partial charge in [-0.2, -0.15) is 0 Å². The van der Waals surface area contributed by atoms with E-state index in [0.29, 0.717) is 29.0 Å². The Labute approximate surface area is 182 Å². The van der Waals surface area contributed by atoms with Crippen LogP contribution < -0.4 is 0 Å². The average molecular weight is 416 g/mol. The van der Waals surface area contributed by atoms with Gasteiger partial charge in [0.05, 0.1) is 6.04 Å². The van der Waals surface area contributed by atoms with Crippen molar-refractivity contribution in [2.24, 2.45) is 34.5 Å². The van der Waals surface area contributed by atoms with Crippen LogP contribution in [0.15, 0.2) is 0 Å². The number of piperidine rings is 1. The summed E-state index contributed by atoms with van der Waals surface area (Å²) in [7, 11) is 0. The molecule has 5 aliphatic rings. The van der Waals surface area contributed by atoms with Crippen LogP contribution in [0.25, 0.3) is 0 Å². The van der Waals surface area contributed by atoms with E-state index >= 15 is 0 Å². The maximum Gasteiger partial charge on any atom is 0.302 e. The third kappa shape index (κ3) is 3.19. The van der Waals surface area contributed by atoms with Crippen molar-refractivity contribution < 1.29 is 14.3 Å². The number of hydrogen-bond acceptors (Lipinski definition) is 4. The molecule has 1 saturated heterocycles. The summed E-state index contributed by atoms with van der Waals surface area (Å²) in [5.74, 6) is 3.18. The molecule has 8 atom stereocenters. The van der Waals surface area contributed by atoms with Crippen molar-refractivity contribution in [3.05, 3.63) is 0 Å². The zero-order valence-electron chi connectivity index (χ0n) is 19.3. The monoisotopic (exact) mass is 415 g/mol. The maximum absolute atomic E-state index is 13.7. The van der Waals surface area contributed by atoms with Crippen molar-refractivity contribution in [2.45, 2.75) is 104 Å². The van der Waals surface area contributed by atoms with Gasteiger partial charge in [-0.05, 0) is 106 Å². The minimum Gasteiger partial charge on any atom is -0.463 e. The highest BCUT2D eigenvalue weighted by molar-refractivity contribution is 5.92. The summed E-state index contributed by atoms with van der Waals surface area (Å²) in [6, 6.07) is 0.198. The smallest absolute Gasteiger partial charge is 0.302 e. The Kier molecular flexibility index (Phi) is 5.31. The molecule has 0 aromatic rings. The standard InChI is InChI=1S/C26H41NO3/c1-17(28)30-19-9-11-25(2)18(15-19)7-8-20-21(25)10-12-26(3)22(20)16-23(24(26)29)27-13-5-4-6-14-27/h18-23H,4-16H2,1-3H3/t18-,19+,20-,21+,22+,23+,25-,26-/m0/s1. The lowest BCUT2D eigenvalue weighted by atomic mass is 9.45. The maximum atomic E-state index is 13.7. The molecule has 1 heterocycles. The number of nitrogens with zero attached hydrogens (tertiary/aromatic N) is 1. The molecule has 0 unspecified atom stereocenters. The SMILES string of the molecule is CC(=O)O[C@@H]1CC[C@@]2(C)[C@@H](CC[C@H]3[C@H]2CC[C@]2(C)C(=O)[C@H](N4CCCCC4)C[C@H]32)C1. The van der Waals surface area contributed by atoms with Gasteiger partial charge in [-0.15, -0.1) is 0 Å². The normalized spacial score (nSPS) is 49.1. The highest BCUT2D eigenvalue weighted by Gasteiger charge is 2.63. The van der Waals surface area contributed by atoms with Gasteiger partial charge in [0.2, 0.25) is 0 Å². The lowest BCUT2D eigenvalue weighted by Crippen LogP contribution is -2.54. The van der Waals surface area contributed by atoms with Gasteiger partial charge < -0.3 is 4.74 Å². The van der Waals surface area contributed by atoms with E-state index in [1.54, 1.807) is 6.92 Å². The van der Waals surface area contributed by atoms with E-state index in [-0.39, 0.29) is 23.5 Å². The van der Waals surface area contributed by atoms with Crippen molar-refractivity contribution >= 4 is 11.8 Å². The van der Waals surface area contributed by atoms with Gasteiger partial charge in [-0.25, -0.2) is 0 Å². The predicted octanol–water partition coefficient (Wildman–Crippen LogP) is 4.99. The first kappa shape index (κ1) is 21.0. The zero-order valence-corrected chi connectivity index (χ0v) is 19.3. The zero-order chi connectivity index (χ0) is 21.1. The fourth-order valence-corrected chi connectivity index (χ4v) is 8.89. The van der Waals surface area contributed by atoms with Crippen LogP contribution in [0.5, 0.6) is 0 Å². The van der Waals surface area contributed by atoms with Crippen LogP contribution >= 0.6 is 0 Å². The van der Waals surface area contributed by atoms with Crippen molar-refractivity contribution in [2.75, 3.05) is 13.1 Å². The van der Waals surface area contributed by atoms with E-state index in [4.69, 9.17) is 4.74 Å². The van der Waals surface area contributed by atoms with Crippen molar-refractivity contribution in [1.82, 2.24) is 4.90 Å². The topological polar surface area (TPSA) is 46.6 Å². The first-order chi connectivity index (χ1) is 14.3. The minimum atomic E-state index is -0.126. The number of carbonyl (C=O) groups excluding carboxylic acids is 2. The van der Waals surface area contributed by atoms with Gasteiger partial charge in [-0.3, -0.25) is 14.5 Å². The Balaban J connectivity index is 1.35. The number of ether oxygens (including phenoxy) is 1. The van der Waals surface area contributed by atoms with Gasteiger partial charge in [0.25, 0.3) is 0 Å². The molecule has 0 aromatic carbocycles. The molecule has 0 amide bonds. The van der Waals surface area contributed by atoms with Crippen LogP contribution in [0.4, 0.5) is 0 Å². The molecule has 1 aliphatic heterocycles. The van der Waals surface area contributed by atoms with Crippen LogP contribution in [0.1, 0.15) is 91.4 Å². The summed E-state index contributed by atoms with van der Waals surface area (Å²) in [5, 5.41) is 0. The number of fused-ring (bicyclic) bond motifs is 5. The van der Waals surface area contributed by atoms with Crippen molar-refractivity contribution in [1.29, 1.82) is 0 Å². The molecule has 0 spiro atoms. The van der Waals surface area contributed by atoms with E-state index in [9.17, 15) is 9.59 Å². The highest BCUT2D eigenvalue weighted by atomic mass is 16.5. The van der Waals surface area contributed by atoms with E-state index < -0.39 is 0 Å². The number of Topliss-reactive ketones (excluding diaryl/α,β-unsaturated/α-hetero) is 1. The van der Waals surface area contributed by atoms with E-state index in [1.807, 2.05) is 0 Å². The second kappa shape index (κ2) is 7.60. The molecular weight excluding hydrogens is 374 g/mol. The second-order valence-electron chi connectivity index (χ2n) is 11.8. The number of likely N-dealkylation sites (tertiary alicyclic amines) is 1. The molecule has 5 rings (SSSR count). The molecule has 168 valence electrons. The number of rotatable bonds is 2. The Morgan fingerprint density at radius 1 is 0.967 bits per heavy atom. The summed E-state index contributed by atoms with van der Waals surface area (Å²) >= 11 is 0. The first-order valence-electron chi connectivity index (χ1n) is 12.8. The second-order valence-corrected chi connectivity index (χ2v) is 11.8. The average Bonchev–Trinajstić information content (AvgIpc) is 3.00. The molecule has 5 fully saturated rings. The fraction of sp³-hybridized carbons (Fsp3) is 0.923. The number of carbonyl (C=O) groups is 2. The molecule has 0 N–H and O–H groups in total. The largest absolute Gasteiger partial charge is 0.463 e. The fourth-order valence-electron chi connectivity index (χ4n) is 8.89.